The Hall–Kier alpha value is -16.5. The molecule has 8 aromatic heterocycles. The van der Waals surface area contributed by atoms with Crippen molar-refractivity contribution in [3.8, 4) is 44.5 Å². The molecule has 0 spiro atoms. The van der Waals surface area contributed by atoms with Gasteiger partial charge in [0.1, 0.15) is 57.3 Å². The predicted octanol–water partition coefficient (Wildman–Crippen LogP) is 14.5. The average Bonchev–Trinajstić information content (AvgIpc) is 0.808. The molecule has 28 nitrogen and oxygen atoms in total. The van der Waals surface area contributed by atoms with Gasteiger partial charge < -0.3 is 51.0 Å². The number of methoxy groups -OCH3 is 2. The SMILES string of the molecule is CCOC(=O)c1cn(Cc2ccc3c(-c4ccc(F)cc4)cc(C(N)=O)nc3c2)nc1C(F)(F)F.CCOC(=O)c1cnn(Cc2ccc3c(-c4ccc(F)cc4)cc(C(N)=O)nc3c2)c1.COC(=O)c1cn(Cc2ccc3c(-c4ccc(F)cc4)cc(C(N)=O)nc3c2)cn1.COC(=O)c1cncn1Cc1ccc2c(-c3ccc(F)cc3)cc(C(N)=O)nc2c1. The third-order valence-corrected chi connectivity index (χ3v) is 19.3. The number of carbonyl (C=O) groups is 8. The number of imidazole rings is 2. The predicted molar refractivity (Wildman–Crippen MR) is 448 cm³/mol. The van der Waals surface area contributed by atoms with Crippen LogP contribution in [0.2, 0.25) is 0 Å². The quantitative estimate of drug-likeness (QED) is 0.0278. The highest BCUT2D eigenvalue weighted by molar-refractivity contribution is 6.05. The van der Waals surface area contributed by atoms with Gasteiger partial charge in [-0.25, -0.2) is 66.6 Å². The van der Waals surface area contributed by atoms with Crippen LogP contribution < -0.4 is 22.9 Å². The summed E-state index contributed by atoms with van der Waals surface area (Å²) in [7, 11) is 2.60. The minimum absolute atomic E-state index is 0.0305. The largest absolute Gasteiger partial charge is 0.464 e. The number of hydrogen-bond acceptors (Lipinski definition) is 20. The van der Waals surface area contributed by atoms with Gasteiger partial charge in [-0.15, -0.1) is 0 Å². The van der Waals surface area contributed by atoms with Gasteiger partial charge >= 0.3 is 30.1 Å². The van der Waals surface area contributed by atoms with E-state index in [1.54, 1.807) is 118 Å². The number of primary amides is 4. The Balaban J connectivity index is 0.000000144. The fourth-order valence-corrected chi connectivity index (χ4v) is 13.5. The number of pyridine rings is 4. The Labute approximate surface area is 709 Å². The molecule has 35 heteroatoms. The van der Waals surface area contributed by atoms with Gasteiger partial charge in [0.05, 0.1) is 93.2 Å². The summed E-state index contributed by atoms with van der Waals surface area (Å²) in [4.78, 5) is 120. The Kier molecular flexibility index (Phi) is 26.4. The van der Waals surface area contributed by atoms with E-state index in [0.29, 0.717) is 81.6 Å². The number of nitrogens with two attached hydrogens (primary N) is 4. The molecule has 8 aromatic carbocycles. The molecule has 16 aromatic rings. The van der Waals surface area contributed by atoms with Crippen molar-refractivity contribution >= 4 is 91.1 Å². The van der Waals surface area contributed by atoms with E-state index in [2.05, 4.69) is 44.8 Å². The molecule has 8 N–H and O–H groups in total. The standard InChI is InChI=1S/C24H18F4N4O3.C23H19FN4O3.2C22H17FN4O3/c1-2-35-23(34)18-12-32(31-21(18)24(26,27)28)11-13-3-8-16-17(14-4-6-15(25)7-5-14)10-20(22(29)33)30-19(16)9-13;1-2-31-23(30)16-11-26-28(13-16)12-14-3-8-18-19(15-4-6-17(24)7-5-15)10-21(22(25)29)27-20(18)9-14;1-30-22(29)20-10-25-12-27(20)11-13-2-7-16-17(14-3-5-15(23)6-4-14)9-19(21(24)28)26-18(16)8-13;1-30-22(29)20-11-27(12-25-20)10-13-2-7-16-17(14-3-5-15(23)6-4-14)9-19(21(24)28)26-18(16)8-13/h3-10,12H,2,11H2,1H3,(H2,29,33);3-11,13H,2,12H2,1H3,(H2,25,29);2-10,12H,11H2,1H3,(H2,24,28);2-9,11-12H,10H2,1H3,(H2,24,28). The highest BCUT2D eigenvalue weighted by Crippen LogP contribution is 2.37. The number of esters is 4. The molecule has 0 radical (unpaired) electrons. The Morgan fingerprint density at radius 2 is 0.754 bits per heavy atom. The van der Waals surface area contributed by atoms with E-state index in [1.807, 2.05) is 54.6 Å². The highest BCUT2D eigenvalue weighted by Gasteiger charge is 2.40. The minimum atomic E-state index is -4.85. The van der Waals surface area contributed by atoms with Crippen LogP contribution in [0.4, 0.5) is 30.7 Å². The summed E-state index contributed by atoms with van der Waals surface area (Å²) in [5.74, 6) is -6.75. The number of aromatic nitrogens is 12. The fraction of sp³-hybridized carbons (Fsp3) is 0.121. The molecule has 0 unspecified atom stereocenters. The zero-order valence-corrected chi connectivity index (χ0v) is 67.0. The maximum absolute atomic E-state index is 13.4. The molecule has 0 bridgehead atoms. The number of alkyl halides is 3. The Morgan fingerprint density at radius 3 is 1.12 bits per heavy atom. The van der Waals surface area contributed by atoms with E-state index in [4.69, 9.17) is 37.1 Å². The van der Waals surface area contributed by atoms with Crippen molar-refractivity contribution in [2.45, 2.75) is 46.2 Å². The van der Waals surface area contributed by atoms with Crippen LogP contribution in [0, 0.1) is 23.3 Å². The molecule has 8 heterocycles. The third-order valence-electron chi connectivity index (χ3n) is 19.3. The molecule has 0 saturated carbocycles. The maximum Gasteiger partial charge on any atom is 0.436 e. The van der Waals surface area contributed by atoms with Gasteiger partial charge in [0.2, 0.25) is 0 Å². The first-order valence-electron chi connectivity index (χ1n) is 38.1. The van der Waals surface area contributed by atoms with Crippen molar-refractivity contribution in [3.05, 3.63) is 334 Å². The second kappa shape index (κ2) is 38.1. The second-order valence-corrected chi connectivity index (χ2v) is 27.9. The second-order valence-electron chi connectivity index (χ2n) is 27.9. The first-order chi connectivity index (χ1) is 60.4. The zero-order chi connectivity index (χ0) is 89.8. The minimum Gasteiger partial charge on any atom is -0.464 e. The molecule has 0 saturated heterocycles. The third kappa shape index (κ3) is 20.6. The lowest BCUT2D eigenvalue weighted by Crippen LogP contribution is -2.14. The summed E-state index contributed by atoms with van der Waals surface area (Å²) < 4.78 is 119. The summed E-state index contributed by atoms with van der Waals surface area (Å²) in [6, 6.07) is 51.7. The molecule has 0 fully saturated rings. The molecule has 16 rings (SSSR count). The van der Waals surface area contributed by atoms with Gasteiger partial charge in [0.25, 0.3) is 23.6 Å². The summed E-state index contributed by atoms with van der Waals surface area (Å²) in [5, 5.41) is 10.7. The molecular weight excluding hydrogens is 1640 g/mol. The first-order valence-corrected chi connectivity index (χ1v) is 38.1. The van der Waals surface area contributed by atoms with Crippen molar-refractivity contribution in [3.63, 3.8) is 0 Å². The van der Waals surface area contributed by atoms with Crippen molar-refractivity contribution < 1.29 is 88.0 Å². The number of benzene rings is 8. The monoisotopic (exact) mass is 1710 g/mol. The van der Waals surface area contributed by atoms with Gasteiger partial charge in [-0.3, -0.25) is 28.5 Å². The number of fused-ring (bicyclic) bond motifs is 4. The van der Waals surface area contributed by atoms with Gasteiger partial charge in [0, 0.05) is 53.2 Å². The smallest absolute Gasteiger partial charge is 0.436 e. The molecule has 4 amide bonds. The number of amides is 4. The molecular formula is C91H71F7N16O12. The van der Waals surface area contributed by atoms with Crippen LogP contribution in [0.5, 0.6) is 0 Å². The summed E-state index contributed by atoms with van der Waals surface area (Å²) >= 11 is 0. The average molecular weight is 1710 g/mol. The molecule has 126 heavy (non-hydrogen) atoms. The van der Waals surface area contributed by atoms with E-state index in [-0.39, 0.29) is 59.1 Å². The van der Waals surface area contributed by atoms with E-state index in [9.17, 15) is 69.1 Å². The van der Waals surface area contributed by atoms with E-state index in [1.165, 1.54) is 101 Å². The van der Waals surface area contributed by atoms with Gasteiger partial charge in [-0.1, -0.05) is 97.1 Å². The van der Waals surface area contributed by atoms with Crippen LogP contribution in [-0.2, 0) is 51.3 Å². The zero-order valence-electron chi connectivity index (χ0n) is 67.0. The molecule has 0 aliphatic carbocycles. The first kappa shape index (κ1) is 87.3. The maximum atomic E-state index is 13.4. The number of halogens is 7. The van der Waals surface area contributed by atoms with Crippen LogP contribution >= 0.6 is 0 Å². The fourth-order valence-electron chi connectivity index (χ4n) is 13.5. The van der Waals surface area contributed by atoms with Crippen molar-refractivity contribution in [1.82, 2.24) is 58.6 Å². The van der Waals surface area contributed by atoms with Crippen molar-refractivity contribution in [1.29, 1.82) is 0 Å². The van der Waals surface area contributed by atoms with Crippen LogP contribution in [0.25, 0.3) is 88.1 Å². The lowest BCUT2D eigenvalue weighted by atomic mass is 9.98. The van der Waals surface area contributed by atoms with Crippen molar-refractivity contribution in [2.75, 3.05) is 27.4 Å². The Morgan fingerprint density at radius 1 is 0.389 bits per heavy atom. The molecule has 636 valence electrons. The van der Waals surface area contributed by atoms with E-state index >= 15 is 0 Å². The Bertz CT molecular complexity index is 6880. The normalized spacial score (nSPS) is 11.1. The summed E-state index contributed by atoms with van der Waals surface area (Å²) in [5.41, 5.74) is 31.8. The number of nitrogens with zero attached hydrogens (tertiary/aromatic N) is 12. The van der Waals surface area contributed by atoms with Gasteiger partial charge in [0.15, 0.2) is 11.4 Å². The number of carbonyl (C=O) groups excluding carboxylic acids is 8. The highest BCUT2D eigenvalue weighted by atomic mass is 19.4. The molecule has 0 atom stereocenters. The summed E-state index contributed by atoms with van der Waals surface area (Å²) in [6.07, 6.45) is 5.28. The van der Waals surface area contributed by atoms with Gasteiger partial charge in [-0.05, 0) is 178 Å². The van der Waals surface area contributed by atoms with Crippen LogP contribution in [-0.4, -0.2) is 134 Å². The summed E-state index contributed by atoms with van der Waals surface area (Å²) in [6.45, 7) is 4.50. The van der Waals surface area contributed by atoms with Crippen LogP contribution in [0.15, 0.2) is 238 Å². The number of hydrogen-bond donors (Lipinski definition) is 4. The van der Waals surface area contributed by atoms with E-state index < -0.39 is 70.8 Å². The van der Waals surface area contributed by atoms with Crippen LogP contribution in [0.3, 0.4) is 0 Å². The number of rotatable bonds is 22. The van der Waals surface area contributed by atoms with Crippen LogP contribution in [0.1, 0.15) is 125 Å². The molecule has 0 aliphatic heterocycles. The van der Waals surface area contributed by atoms with Crippen molar-refractivity contribution in [2.24, 2.45) is 22.9 Å². The molecule has 0 aliphatic rings. The topological polar surface area (TPSA) is 400 Å². The van der Waals surface area contributed by atoms with E-state index in [0.717, 1.165) is 77.1 Å². The number of ether oxygens (including phenoxy) is 4. The lowest BCUT2D eigenvalue weighted by Gasteiger charge is -2.11. The lowest BCUT2D eigenvalue weighted by molar-refractivity contribution is -0.142. The van der Waals surface area contributed by atoms with Gasteiger partial charge in [-0.2, -0.15) is 23.4 Å².